The molecule has 13 nitrogen and oxygen atoms in total. The molecule has 2 aromatic carbocycles. The first-order chi connectivity index (χ1) is 20.3. The number of amides is 3. The Bertz CT molecular complexity index is 1350. The van der Waals surface area contributed by atoms with Crippen molar-refractivity contribution in [2.75, 3.05) is 12.3 Å². The summed E-state index contributed by atoms with van der Waals surface area (Å²) in [6.07, 6.45) is -1.44. The number of carboxylic acid groups (broad SMARTS) is 1. The summed E-state index contributed by atoms with van der Waals surface area (Å²) in [5, 5.41) is 16.4. The second-order valence-electron chi connectivity index (χ2n) is 10.2. The van der Waals surface area contributed by atoms with Crippen molar-refractivity contribution in [1.29, 1.82) is 0 Å². The van der Waals surface area contributed by atoms with E-state index in [0.29, 0.717) is 0 Å². The van der Waals surface area contributed by atoms with Gasteiger partial charge in [-0.25, -0.2) is 17.9 Å². The van der Waals surface area contributed by atoms with E-state index in [-0.39, 0.29) is 18.8 Å². The Balaban J connectivity index is 1.92. The number of carbonyl (C=O) groups excluding carboxylic acids is 4. The number of Topliss-reactive ketones (excluding diaryl/α,β-unsaturated/α-hetero) is 1. The van der Waals surface area contributed by atoms with Crippen LogP contribution in [-0.2, 0) is 47.0 Å². The molecule has 5 N–H and O–H groups in total. The number of ether oxygens (including phenoxy) is 1. The fraction of sp³-hybridized carbons (Fsp3) is 0.414. The molecular weight excluding hydrogens is 580 g/mol. The molecule has 3 amide bonds. The summed E-state index contributed by atoms with van der Waals surface area (Å²) in [6.45, 7) is 3.91. The van der Waals surface area contributed by atoms with Gasteiger partial charge in [0, 0.05) is 0 Å². The molecule has 2 rings (SSSR count). The average Bonchev–Trinajstić information content (AvgIpc) is 2.96. The van der Waals surface area contributed by atoms with Crippen LogP contribution < -0.4 is 20.7 Å². The zero-order valence-corrected chi connectivity index (χ0v) is 25.1. The Morgan fingerprint density at radius 1 is 0.814 bits per heavy atom. The molecule has 0 radical (unpaired) electrons. The van der Waals surface area contributed by atoms with Crippen LogP contribution in [0.3, 0.4) is 0 Å². The van der Waals surface area contributed by atoms with E-state index in [1.165, 1.54) is 6.92 Å². The van der Waals surface area contributed by atoms with Crippen LogP contribution in [0.4, 0.5) is 4.79 Å². The molecule has 0 saturated carbocycles. The molecule has 0 aromatic heterocycles. The first-order valence-corrected chi connectivity index (χ1v) is 15.3. The lowest BCUT2D eigenvalue weighted by molar-refractivity contribution is -0.140. The van der Waals surface area contributed by atoms with E-state index in [0.717, 1.165) is 11.1 Å². The second-order valence-corrected chi connectivity index (χ2v) is 12.1. The van der Waals surface area contributed by atoms with Gasteiger partial charge in [0.2, 0.25) is 21.8 Å². The maximum absolute atomic E-state index is 12.9. The summed E-state index contributed by atoms with van der Waals surface area (Å²) < 4.78 is 32.0. The Morgan fingerprint density at radius 3 is 1.95 bits per heavy atom. The SMILES string of the molecule is CC(C)[C@H](NC(=O)OCc1ccccc1)C(=O)N[C@@H](C)C(=O)NC(CC(=O)O)C(=O)CNS(=O)(=O)CCc1ccccc1. The molecule has 0 aliphatic rings. The molecule has 14 heteroatoms. The number of rotatable bonds is 17. The second kappa shape index (κ2) is 17.0. The van der Waals surface area contributed by atoms with E-state index in [2.05, 4.69) is 20.7 Å². The van der Waals surface area contributed by atoms with Crippen molar-refractivity contribution in [2.45, 2.75) is 58.3 Å². The van der Waals surface area contributed by atoms with Crippen LogP contribution in [0.2, 0.25) is 0 Å². The highest BCUT2D eigenvalue weighted by Gasteiger charge is 2.30. The molecule has 0 saturated heterocycles. The number of alkyl carbamates (subject to hydrolysis) is 1. The highest BCUT2D eigenvalue weighted by molar-refractivity contribution is 7.89. The number of nitrogens with one attached hydrogen (secondary N) is 4. The number of aliphatic carboxylic acids is 1. The lowest BCUT2D eigenvalue weighted by Gasteiger charge is -2.24. The van der Waals surface area contributed by atoms with Gasteiger partial charge in [-0.15, -0.1) is 0 Å². The van der Waals surface area contributed by atoms with Crippen molar-refractivity contribution < 1.29 is 42.2 Å². The fourth-order valence-corrected chi connectivity index (χ4v) is 4.80. The van der Waals surface area contributed by atoms with Crippen molar-refractivity contribution in [3.8, 4) is 0 Å². The minimum atomic E-state index is -3.88. The van der Waals surface area contributed by atoms with Gasteiger partial charge in [0.05, 0.1) is 24.8 Å². The van der Waals surface area contributed by atoms with Gasteiger partial charge in [-0.1, -0.05) is 74.5 Å². The van der Waals surface area contributed by atoms with Gasteiger partial charge in [-0.05, 0) is 30.4 Å². The van der Waals surface area contributed by atoms with Crippen LogP contribution in [0.5, 0.6) is 0 Å². The third-order valence-corrected chi connectivity index (χ3v) is 7.57. The molecule has 234 valence electrons. The van der Waals surface area contributed by atoms with Crippen LogP contribution in [0, 0.1) is 5.92 Å². The summed E-state index contributed by atoms with van der Waals surface area (Å²) in [4.78, 5) is 62.0. The monoisotopic (exact) mass is 618 g/mol. The average molecular weight is 619 g/mol. The van der Waals surface area contributed by atoms with E-state index in [4.69, 9.17) is 4.74 Å². The van der Waals surface area contributed by atoms with Crippen molar-refractivity contribution >= 4 is 39.7 Å². The lowest BCUT2D eigenvalue weighted by atomic mass is 10.0. The normalized spacial score (nSPS) is 13.3. The minimum Gasteiger partial charge on any atom is -0.481 e. The van der Waals surface area contributed by atoms with Gasteiger partial charge in [-0.2, -0.15) is 0 Å². The zero-order valence-electron chi connectivity index (χ0n) is 24.2. The van der Waals surface area contributed by atoms with Gasteiger partial charge in [0.15, 0.2) is 5.78 Å². The van der Waals surface area contributed by atoms with Gasteiger partial charge >= 0.3 is 12.1 Å². The first kappa shape index (κ1) is 34.9. The molecule has 43 heavy (non-hydrogen) atoms. The molecule has 0 heterocycles. The quantitative estimate of drug-likeness (QED) is 0.173. The number of carboxylic acids is 1. The Hall–Kier alpha value is -4.30. The highest BCUT2D eigenvalue weighted by atomic mass is 32.2. The fourth-order valence-electron chi connectivity index (χ4n) is 3.79. The molecule has 2 aromatic rings. The summed E-state index contributed by atoms with van der Waals surface area (Å²) in [5.41, 5.74) is 1.53. The summed E-state index contributed by atoms with van der Waals surface area (Å²) >= 11 is 0. The first-order valence-electron chi connectivity index (χ1n) is 13.6. The van der Waals surface area contributed by atoms with Crippen molar-refractivity contribution in [2.24, 2.45) is 5.92 Å². The van der Waals surface area contributed by atoms with Crippen LogP contribution in [0.15, 0.2) is 60.7 Å². The van der Waals surface area contributed by atoms with Gasteiger partial charge in [-0.3, -0.25) is 19.2 Å². The number of benzene rings is 2. The largest absolute Gasteiger partial charge is 0.481 e. The topological polar surface area (TPSA) is 197 Å². The van der Waals surface area contributed by atoms with E-state index < -0.39 is 76.7 Å². The molecular formula is C29H38N4O9S. The summed E-state index contributed by atoms with van der Waals surface area (Å²) in [5.74, 6) is -4.55. The third-order valence-electron chi connectivity index (χ3n) is 6.24. The number of hydrogen-bond donors (Lipinski definition) is 5. The van der Waals surface area contributed by atoms with E-state index >= 15 is 0 Å². The number of aryl methyl sites for hydroxylation is 1. The molecule has 3 atom stereocenters. The predicted molar refractivity (Wildman–Crippen MR) is 157 cm³/mol. The molecule has 1 unspecified atom stereocenters. The van der Waals surface area contributed by atoms with Crippen LogP contribution in [0.1, 0.15) is 38.3 Å². The van der Waals surface area contributed by atoms with Crippen molar-refractivity contribution in [3.63, 3.8) is 0 Å². The van der Waals surface area contributed by atoms with Crippen molar-refractivity contribution in [3.05, 3.63) is 71.8 Å². The molecule has 0 bridgehead atoms. The van der Waals surface area contributed by atoms with E-state index in [1.54, 1.807) is 68.4 Å². The van der Waals surface area contributed by atoms with Crippen molar-refractivity contribution in [1.82, 2.24) is 20.7 Å². The predicted octanol–water partition coefficient (Wildman–Crippen LogP) is 1.13. The van der Waals surface area contributed by atoms with Crippen LogP contribution in [0.25, 0.3) is 0 Å². The Kier molecular flexibility index (Phi) is 13.8. The highest BCUT2D eigenvalue weighted by Crippen LogP contribution is 2.06. The number of sulfonamides is 1. The maximum Gasteiger partial charge on any atom is 0.408 e. The van der Waals surface area contributed by atoms with E-state index in [1.807, 2.05) is 6.07 Å². The standard InChI is InChI=1S/C29H38N4O9S/c1-19(2)26(33-29(39)42-18-22-12-8-5-9-13-22)28(38)31-20(3)27(37)32-23(16-25(35)36)24(34)17-30-43(40,41)15-14-21-10-6-4-7-11-21/h4-13,19-20,23,26,30H,14-18H2,1-3H3,(H,31,38)(H,32,37)(H,33,39)(H,35,36)/t20-,23?,26-/m0/s1. The van der Waals surface area contributed by atoms with Gasteiger partial charge in [0.1, 0.15) is 18.7 Å². The Labute approximate surface area is 250 Å². The van der Waals surface area contributed by atoms with Crippen LogP contribution >= 0.6 is 0 Å². The van der Waals surface area contributed by atoms with Gasteiger partial charge < -0.3 is 25.8 Å². The third kappa shape index (κ3) is 13.0. The molecule has 0 spiro atoms. The summed E-state index contributed by atoms with van der Waals surface area (Å²) in [6, 6.07) is 13.9. The van der Waals surface area contributed by atoms with Crippen LogP contribution in [-0.4, -0.2) is 73.6 Å². The smallest absolute Gasteiger partial charge is 0.408 e. The van der Waals surface area contributed by atoms with Gasteiger partial charge in [0.25, 0.3) is 0 Å². The molecule has 0 aliphatic carbocycles. The lowest BCUT2D eigenvalue weighted by Crippen LogP contribution is -2.56. The Morgan fingerprint density at radius 2 is 1.40 bits per heavy atom. The maximum atomic E-state index is 12.9. The number of hydrogen-bond acceptors (Lipinski definition) is 8. The zero-order chi connectivity index (χ0) is 32.0. The van der Waals surface area contributed by atoms with E-state index in [9.17, 15) is 37.5 Å². The summed E-state index contributed by atoms with van der Waals surface area (Å²) in [7, 11) is -3.88. The number of ketones is 1. The minimum absolute atomic E-state index is 0.0138. The molecule has 0 aliphatic heterocycles. The number of carbonyl (C=O) groups is 5. The molecule has 0 fully saturated rings.